The number of rotatable bonds is 6. The summed E-state index contributed by atoms with van der Waals surface area (Å²) in [4.78, 5) is 12.6. The Morgan fingerprint density at radius 3 is 2.52 bits per heavy atom. The summed E-state index contributed by atoms with van der Waals surface area (Å²) in [6, 6.07) is 15.9. The molecule has 0 atom stereocenters. The van der Waals surface area contributed by atoms with Gasteiger partial charge in [-0.15, -0.1) is 0 Å². The van der Waals surface area contributed by atoms with Crippen LogP contribution in [0.4, 0.5) is 10.1 Å². The van der Waals surface area contributed by atoms with Crippen LogP contribution in [0.15, 0.2) is 71.4 Å². The number of nitrogens with one attached hydrogen (secondary N) is 1. The number of carbonyl (C=O) groups excluding carboxylic acids is 1. The number of benzene rings is 3. The highest BCUT2D eigenvalue weighted by atomic mass is 19.1. The van der Waals surface area contributed by atoms with Crippen LogP contribution in [0, 0.1) is 19.7 Å². The van der Waals surface area contributed by atoms with Crippen molar-refractivity contribution in [3.8, 4) is 16.9 Å². The molecule has 0 saturated carbocycles. The van der Waals surface area contributed by atoms with Crippen molar-refractivity contribution in [2.45, 2.75) is 27.7 Å². The van der Waals surface area contributed by atoms with Gasteiger partial charge in [0.1, 0.15) is 17.1 Å². The fourth-order valence-corrected chi connectivity index (χ4v) is 3.95. The fraction of sp³-hybridized carbons (Fsp3) is 0.179. The van der Waals surface area contributed by atoms with Crippen molar-refractivity contribution in [2.75, 3.05) is 11.9 Å². The second-order valence-corrected chi connectivity index (χ2v) is 8.07. The van der Waals surface area contributed by atoms with Crippen LogP contribution in [0.3, 0.4) is 0 Å². The van der Waals surface area contributed by atoms with Crippen molar-refractivity contribution in [2.24, 2.45) is 0 Å². The Bertz CT molecular complexity index is 1350. The largest absolute Gasteiger partial charge is 0.493 e. The first-order chi connectivity index (χ1) is 15.9. The van der Waals surface area contributed by atoms with E-state index in [-0.39, 0.29) is 11.7 Å². The number of halogens is 1. The number of fused-ring (bicyclic) bond motifs is 1. The third-order valence-corrected chi connectivity index (χ3v) is 5.53. The van der Waals surface area contributed by atoms with E-state index in [9.17, 15) is 9.18 Å². The molecule has 1 aromatic heterocycles. The summed E-state index contributed by atoms with van der Waals surface area (Å²) < 4.78 is 24.9. The molecule has 0 saturated heterocycles. The first-order valence-corrected chi connectivity index (χ1v) is 10.9. The zero-order chi connectivity index (χ0) is 23.5. The van der Waals surface area contributed by atoms with E-state index in [4.69, 9.17) is 9.15 Å². The summed E-state index contributed by atoms with van der Waals surface area (Å²) in [6.07, 6.45) is 3.28. The summed E-state index contributed by atoms with van der Waals surface area (Å²) in [5, 5.41) is 3.71. The molecule has 0 radical (unpaired) electrons. The molecule has 4 aromatic rings. The summed E-state index contributed by atoms with van der Waals surface area (Å²) in [5.74, 6) is -0.00702. The molecule has 1 heterocycles. The topological polar surface area (TPSA) is 51.5 Å². The van der Waals surface area contributed by atoms with Gasteiger partial charge in [0, 0.05) is 34.3 Å². The molecular formula is C28H26FNO3. The average Bonchev–Trinajstić information content (AvgIpc) is 3.17. The maximum Gasteiger partial charge on any atom is 0.248 e. The van der Waals surface area contributed by atoms with E-state index in [1.54, 1.807) is 6.26 Å². The van der Waals surface area contributed by atoms with Gasteiger partial charge in [0.15, 0.2) is 0 Å². The molecule has 168 valence electrons. The lowest BCUT2D eigenvalue weighted by Crippen LogP contribution is -2.08. The lowest BCUT2D eigenvalue weighted by molar-refractivity contribution is -0.111. The van der Waals surface area contributed by atoms with Crippen LogP contribution in [0.2, 0.25) is 0 Å². The van der Waals surface area contributed by atoms with Crippen molar-refractivity contribution in [3.63, 3.8) is 0 Å². The van der Waals surface area contributed by atoms with Crippen molar-refractivity contribution in [3.05, 3.63) is 89.4 Å². The lowest BCUT2D eigenvalue weighted by Gasteiger charge is -2.12. The number of hydrogen-bond donors (Lipinski definition) is 1. The number of furan rings is 1. The lowest BCUT2D eigenvalue weighted by atomic mass is 9.96. The van der Waals surface area contributed by atoms with Gasteiger partial charge in [-0.25, -0.2) is 4.39 Å². The van der Waals surface area contributed by atoms with E-state index in [0.717, 1.165) is 33.2 Å². The highest BCUT2D eigenvalue weighted by Crippen LogP contribution is 2.38. The average molecular weight is 444 g/mol. The molecule has 33 heavy (non-hydrogen) atoms. The first kappa shape index (κ1) is 22.3. The van der Waals surface area contributed by atoms with Crippen LogP contribution in [0.5, 0.6) is 5.75 Å². The number of carbonyl (C=O) groups is 1. The van der Waals surface area contributed by atoms with E-state index in [1.807, 2.05) is 26.0 Å². The molecule has 0 fully saturated rings. The van der Waals surface area contributed by atoms with Gasteiger partial charge in [0.2, 0.25) is 5.91 Å². The number of allylic oxidation sites excluding steroid dienone is 1. The molecule has 3 aromatic carbocycles. The van der Waals surface area contributed by atoms with Crippen LogP contribution in [-0.2, 0) is 4.79 Å². The normalized spacial score (nSPS) is 11.6. The summed E-state index contributed by atoms with van der Waals surface area (Å²) in [5.41, 5.74) is 7.27. The van der Waals surface area contributed by atoms with Crippen molar-refractivity contribution in [1.82, 2.24) is 0 Å². The van der Waals surface area contributed by atoms with Crippen molar-refractivity contribution < 1.29 is 18.3 Å². The van der Waals surface area contributed by atoms with E-state index in [2.05, 4.69) is 37.4 Å². The SMILES string of the molecule is CCOc1cc2occ(-c3ccc(C)cc3C)c2cc1/C(C)=C/C(=O)Nc1ccc(F)cc1. The standard InChI is InChI=1S/C28H26FNO3/c1-5-32-26-15-27-24(25(16-33-27)22-11-6-17(2)12-18(22)3)14-23(26)19(4)13-28(31)30-21-9-7-20(29)8-10-21/h6-16H,5H2,1-4H3,(H,30,31)/b19-13+. The molecule has 0 aliphatic heterocycles. The minimum atomic E-state index is -0.353. The monoisotopic (exact) mass is 443 g/mol. The van der Waals surface area contributed by atoms with Crippen LogP contribution in [0.1, 0.15) is 30.5 Å². The smallest absolute Gasteiger partial charge is 0.248 e. The van der Waals surface area contributed by atoms with Gasteiger partial charge in [0.25, 0.3) is 0 Å². The molecule has 0 aliphatic carbocycles. The number of anilines is 1. The minimum absolute atomic E-state index is 0.302. The number of aryl methyl sites for hydroxylation is 2. The third kappa shape index (κ3) is 4.82. The zero-order valence-corrected chi connectivity index (χ0v) is 19.2. The van der Waals surface area contributed by atoms with Crippen LogP contribution in [-0.4, -0.2) is 12.5 Å². The number of hydrogen-bond acceptors (Lipinski definition) is 3. The molecule has 0 spiro atoms. The maximum atomic E-state index is 13.1. The first-order valence-electron chi connectivity index (χ1n) is 10.9. The van der Waals surface area contributed by atoms with Gasteiger partial charge >= 0.3 is 0 Å². The predicted octanol–water partition coefficient (Wildman–Crippen LogP) is 7.30. The molecule has 4 rings (SSSR count). The Labute approximate surface area is 192 Å². The van der Waals surface area contributed by atoms with E-state index >= 15 is 0 Å². The second kappa shape index (κ2) is 9.33. The summed E-state index contributed by atoms with van der Waals surface area (Å²) >= 11 is 0. The molecule has 1 N–H and O–H groups in total. The van der Waals surface area contributed by atoms with Gasteiger partial charge in [-0.1, -0.05) is 23.8 Å². The number of ether oxygens (including phenoxy) is 1. The number of amides is 1. The van der Waals surface area contributed by atoms with Crippen LogP contribution >= 0.6 is 0 Å². The second-order valence-electron chi connectivity index (χ2n) is 8.07. The van der Waals surface area contributed by atoms with E-state index < -0.39 is 0 Å². The minimum Gasteiger partial charge on any atom is -0.493 e. The Morgan fingerprint density at radius 1 is 1.06 bits per heavy atom. The fourth-order valence-electron chi connectivity index (χ4n) is 3.95. The van der Waals surface area contributed by atoms with Crippen LogP contribution < -0.4 is 10.1 Å². The molecule has 5 heteroatoms. The predicted molar refractivity (Wildman–Crippen MR) is 131 cm³/mol. The Morgan fingerprint density at radius 2 is 1.82 bits per heavy atom. The Hall–Kier alpha value is -3.86. The molecule has 1 amide bonds. The van der Waals surface area contributed by atoms with Gasteiger partial charge in [0.05, 0.1) is 12.9 Å². The third-order valence-electron chi connectivity index (χ3n) is 5.53. The molecular weight excluding hydrogens is 417 g/mol. The molecule has 0 bridgehead atoms. The molecule has 4 nitrogen and oxygen atoms in total. The highest BCUT2D eigenvalue weighted by Gasteiger charge is 2.16. The highest BCUT2D eigenvalue weighted by molar-refractivity contribution is 6.05. The molecule has 0 unspecified atom stereocenters. The quantitative estimate of drug-likeness (QED) is 0.318. The Balaban J connectivity index is 1.74. The van der Waals surface area contributed by atoms with E-state index in [0.29, 0.717) is 18.0 Å². The van der Waals surface area contributed by atoms with Gasteiger partial charge in [-0.3, -0.25) is 4.79 Å². The zero-order valence-electron chi connectivity index (χ0n) is 19.2. The summed E-state index contributed by atoms with van der Waals surface area (Å²) in [7, 11) is 0. The summed E-state index contributed by atoms with van der Waals surface area (Å²) in [6.45, 7) is 8.42. The molecule has 0 aliphatic rings. The van der Waals surface area contributed by atoms with Gasteiger partial charge < -0.3 is 14.5 Å². The van der Waals surface area contributed by atoms with Crippen molar-refractivity contribution in [1.29, 1.82) is 0 Å². The maximum absolute atomic E-state index is 13.1. The van der Waals surface area contributed by atoms with Crippen molar-refractivity contribution >= 4 is 28.1 Å². The van der Waals surface area contributed by atoms with E-state index in [1.165, 1.54) is 41.5 Å². The van der Waals surface area contributed by atoms with Crippen LogP contribution in [0.25, 0.3) is 27.7 Å². The van der Waals surface area contributed by atoms with Gasteiger partial charge in [-0.05, 0) is 74.7 Å². The Kier molecular flexibility index (Phi) is 6.31. The van der Waals surface area contributed by atoms with Gasteiger partial charge in [-0.2, -0.15) is 0 Å².